The van der Waals surface area contributed by atoms with Crippen LogP contribution in [0.3, 0.4) is 0 Å². The first-order chi connectivity index (χ1) is 17.0. The molecule has 1 N–H and O–H groups in total. The van der Waals surface area contributed by atoms with E-state index in [9.17, 15) is 18.0 Å². The number of rotatable bonds is 13. The van der Waals surface area contributed by atoms with E-state index in [4.69, 9.17) is 9.47 Å². The Hall–Kier alpha value is -3.27. The van der Waals surface area contributed by atoms with Crippen molar-refractivity contribution in [3.8, 4) is 11.5 Å². The topological polar surface area (TPSA) is 105 Å². The number of unbranched alkanes of at least 4 members (excludes halogenated alkanes) is 1. The van der Waals surface area contributed by atoms with Gasteiger partial charge in [0, 0.05) is 13.1 Å². The van der Waals surface area contributed by atoms with Crippen LogP contribution in [0.1, 0.15) is 37.8 Å². The molecule has 0 radical (unpaired) electrons. The van der Waals surface area contributed by atoms with E-state index in [0.717, 1.165) is 34.5 Å². The highest BCUT2D eigenvalue weighted by Crippen LogP contribution is 2.31. The maximum absolute atomic E-state index is 13.6. The van der Waals surface area contributed by atoms with Crippen LogP contribution in [0.25, 0.3) is 0 Å². The fourth-order valence-electron chi connectivity index (χ4n) is 3.64. The molecule has 10 heteroatoms. The van der Waals surface area contributed by atoms with Crippen LogP contribution in [0.4, 0.5) is 5.69 Å². The molecule has 0 aromatic heterocycles. The molecule has 36 heavy (non-hydrogen) atoms. The quantitative estimate of drug-likeness (QED) is 0.408. The van der Waals surface area contributed by atoms with Crippen molar-refractivity contribution < 1.29 is 27.5 Å². The van der Waals surface area contributed by atoms with Crippen LogP contribution >= 0.6 is 0 Å². The number of carbonyl (C=O) groups is 2. The number of carbonyl (C=O) groups excluding carboxylic acids is 2. The summed E-state index contributed by atoms with van der Waals surface area (Å²) in [5, 5.41) is 2.86. The van der Waals surface area contributed by atoms with E-state index in [1.807, 2.05) is 13.8 Å². The van der Waals surface area contributed by atoms with Gasteiger partial charge in [-0.25, -0.2) is 8.42 Å². The Kier molecular flexibility index (Phi) is 10.6. The molecule has 198 valence electrons. The molecule has 0 saturated heterocycles. The highest BCUT2D eigenvalue weighted by molar-refractivity contribution is 7.92. The number of nitrogens with one attached hydrogen (secondary N) is 1. The molecule has 2 amide bonds. The average molecular weight is 520 g/mol. The van der Waals surface area contributed by atoms with Crippen molar-refractivity contribution in [2.24, 2.45) is 0 Å². The van der Waals surface area contributed by atoms with Gasteiger partial charge in [0.25, 0.3) is 0 Å². The summed E-state index contributed by atoms with van der Waals surface area (Å²) in [6.45, 7) is 5.62. The molecule has 0 heterocycles. The van der Waals surface area contributed by atoms with Gasteiger partial charge in [-0.05, 0) is 55.7 Å². The second kappa shape index (κ2) is 13.2. The fraction of sp³-hybridized carbons (Fsp3) is 0.462. The zero-order valence-electron chi connectivity index (χ0n) is 21.9. The lowest BCUT2D eigenvalue weighted by Gasteiger charge is -2.32. The largest absolute Gasteiger partial charge is 0.497 e. The summed E-state index contributed by atoms with van der Waals surface area (Å²) < 4.78 is 37.2. The van der Waals surface area contributed by atoms with Crippen molar-refractivity contribution in [3.63, 3.8) is 0 Å². The summed E-state index contributed by atoms with van der Waals surface area (Å²) in [5.41, 5.74) is 1.85. The van der Waals surface area contributed by atoms with Gasteiger partial charge in [0.1, 0.15) is 24.1 Å². The number of benzene rings is 2. The maximum atomic E-state index is 13.6. The van der Waals surface area contributed by atoms with Gasteiger partial charge < -0.3 is 19.7 Å². The molecule has 1 atom stereocenters. The molecule has 0 fully saturated rings. The van der Waals surface area contributed by atoms with Crippen molar-refractivity contribution in [2.45, 2.75) is 46.2 Å². The Bertz CT molecular complexity index is 1130. The third-order valence-corrected chi connectivity index (χ3v) is 6.92. The monoisotopic (exact) mass is 519 g/mol. The summed E-state index contributed by atoms with van der Waals surface area (Å²) in [6, 6.07) is 11.4. The number of hydrogen-bond acceptors (Lipinski definition) is 6. The normalized spacial score (nSPS) is 11.9. The fourth-order valence-corrected chi connectivity index (χ4v) is 4.48. The second-order valence-corrected chi connectivity index (χ2v) is 10.5. The van der Waals surface area contributed by atoms with Crippen LogP contribution in [0.2, 0.25) is 0 Å². The Balaban J connectivity index is 2.41. The van der Waals surface area contributed by atoms with Crippen LogP contribution in [0.5, 0.6) is 11.5 Å². The number of methoxy groups -OCH3 is 2. The summed E-state index contributed by atoms with van der Waals surface area (Å²) in [4.78, 5) is 27.9. The zero-order valence-corrected chi connectivity index (χ0v) is 22.7. The van der Waals surface area contributed by atoms with E-state index in [-0.39, 0.29) is 18.1 Å². The van der Waals surface area contributed by atoms with Crippen LogP contribution in [0.15, 0.2) is 42.5 Å². The van der Waals surface area contributed by atoms with E-state index >= 15 is 0 Å². The molecule has 2 aromatic carbocycles. The first kappa shape index (κ1) is 29.0. The van der Waals surface area contributed by atoms with Gasteiger partial charge in [-0.2, -0.15) is 0 Å². The summed E-state index contributed by atoms with van der Waals surface area (Å²) in [5.74, 6) is 0.171. The van der Waals surface area contributed by atoms with E-state index in [1.165, 1.54) is 12.0 Å². The molecule has 0 unspecified atom stereocenters. The lowest BCUT2D eigenvalue weighted by molar-refractivity contribution is -0.139. The number of hydrogen-bond donors (Lipinski definition) is 1. The number of amides is 2. The third-order valence-electron chi connectivity index (χ3n) is 5.79. The van der Waals surface area contributed by atoms with Gasteiger partial charge in [-0.3, -0.25) is 13.9 Å². The van der Waals surface area contributed by atoms with Gasteiger partial charge in [-0.1, -0.05) is 31.5 Å². The number of sulfonamides is 1. The molecule has 0 aliphatic rings. The Morgan fingerprint density at radius 3 is 2.28 bits per heavy atom. The first-order valence-corrected chi connectivity index (χ1v) is 13.7. The van der Waals surface area contributed by atoms with Crippen LogP contribution < -0.4 is 19.1 Å². The second-order valence-electron chi connectivity index (χ2n) is 8.64. The summed E-state index contributed by atoms with van der Waals surface area (Å²) in [6.07, 6.45) is 2.78. The van der Waals surface area contributed by atoms with E-state index in [1.54, 1.807) is 56.5 Å². The van der Waals surface area contributed by atoms with E-state index < -0.39 is 28.5 Å². The van der Waals surface area contributed by atoms with Crippen molar-refractivity contribution in [2.75, 3.05) is 37.9 Å². The standard InChI is InChI=1S/C26H37N3O6S/c1-7-8-15-27-26(31)20(3)28(17-21-10-12-22(34-4)13-11-21)25(30)18-29(36(6,32)33)23-16-19(2)9-14-24(23)35-5/h9-14,16,20H,7-8,15,17-18H2,1-6H3,(H,27,31)/t20-/m1/s1. The molecule has 0 bridgehead atoms. The van der Waals surface area contributed by atoms with Crippen molar-refractivity contribution in [1.82, 2.24) is 10.2 Å². The van der Waals surface area contributed by atoms with Gasteiger partial charge in [-0.15, -0.1) is 0 Å². The zero-order chi connectivity index (χ0) is 26.9. The van der Waals surface area contributed by atoms with Gasteiger partial charge >= 0.3 is 0 Å². The minimum Gasteiger partial charge on any atom is -0.497 e. The Labute approximate surface area is 214 Å². The molecule has 9 nitrogen and oxygen atoms in total. The highest BCUT2D eigenvalue weighted by atomic mass is 32.2. The Morgan fingerprint density at radius 2 is 1.72 bits per heavy atom. The molecule has 0 saturated carbocycles. The SMILES string of the molecule is CCCCNC(=O)[C@@H](C)N(Cc1ccc(OC)cc1)C(=O)CN(c1cc(C)ccc1OC)S(C)(=O)=O. The minimum absolute atomic E-state index is 0.119. The summed E-state index contributed by atoms with van der Waals surface area (Å²) >= 11 is 0. The molecular weight excluding hydrogens is 482 g/mol. The van der Waals surface area contributed by atoms with Crippen molar-refractivity contribution in [3.05, 3.63) is 53.6 Å². The lowest BCUT2D eigenvalue weighted by Crippen LogP contribution is -2.51. The van der Waals surface area contributed by atoms with Crippen molar-refractivity contribution >= 4 is 27.5 Å². The number of aryl methyl sites for hydroxylation is 1. The van der Waals surface area contributed by atoms with Crippen LogP contribution in [-0.2, 0) is 26.2 Å². The number of nitrogens with zero attached hydrogens (tertiary/aromatic N) is 2. The first-order valence-electron chi connectivity index (χ1n) is 11.8. The third kappa shape index (κ3) is 7.87. The predicted octanol–water partition coefficient (Wildman–Crippen LogP) is 3.11. The van der Waals surface area contributed by atoms with Crippen molar-refractivity contribution in [1.29, 1.82) is 0 Å². The van der Waals surface area contributed by atoms with Gasteiger partial charge in [0.05, 0.1) is 26.2 Å². The predicted molar refractivity (Wildman–Crippen MR) is 141 cm³/mol. The van der Waals surface area contributed by atoms with E-state index in [2.05, 4.69) is 5.32 Å². The highest BCUT2D eigenvalue weighted by Gasteiger charge is 2.31. The smallest absolute Gasteiger partial charge is 0.244 e. The maximum Gasteiger partial charge on any atom is 0.244 e. The molecule has 0 aliphatic carbocycles. The minimum atomic E-state index is -3.85. The van der Waals surface area contributed by atoms with Gasteiger partial charge in [0.15, 0.2) is 0 Å². The molecule has 2 rings (SSSR count). The van der Waals surface area contributed by atoms with Crippen LogP contribution in [-0.4, -0.2) is 64.7 Å². The molecule has 0 aliphatic heterocycles. The van der Waals surface area contributed by atoms with E-state index in [0.29, 0.717) is 18.0 Å². The Morgan fingerprint density at radius 1 is 1.06 bits per heavy atom. The molecular formula is C26H37N3O6S. The average Bonchev–Trinajstić information content (AvgIpc) is 2.85. The number of anilines is 1. The van der Waals surface area contributed by atoms with Gasteiger partial charge in [0.2, 0.25) is 21.8 Å². The number of ether oxygens (including phenoxy) is 2. The molecule has 2 aromatic rings. The molecule has 0 spiro atoms. The lowest BCUT2D eigenvalue weighted by atomic mass is 10.1. The van der Waals surface area contributed by atoms with Crippen LogP contribution in [0, 0.1) is 6.92 Å². The summed E-state index contributed by atoms with van der Waals surface area (Å²) in [7, 11) is -0.851.